The first-order valence-corrected chi connectivity index (χ1v) is 10.3. The molecule has 1 amide bonds. The normalized spacial score (nSPS) is 21.9. The minimum absolute atomic E-state index is 0.0865. The number of likely N-dealkylation sites (N-methyl/N-ethyl adjacent to an activating group) is 2. The molecule has 0 radical (unpaired) electrons. The molecule has 4 rings (SSSR count). The van der Waals surface area contributed by atoms with E-state index in [9.17, 15) is 4.79 Å². The molecule has 1 aliphatic carbocycles. The van der Waals surface area contributed by atoms with Crippen LogP contribution < -0.4 is 0 Å². The van der Waals surface area contributed by atoms with E-state index in [4.69, 9.17) is 0 Å². The smallest absolute Gasteiger partial charge is 0.231 e. The number of hydrogen-bond donors (Lipinski definition) is 1. The summed E-state index contributed by atoms with van der Waals surface area (Å²) in [5.41, 5.74) is 5.19. The van der Waals surface area contributed by atoms with Gasteiger partial charge in [-0.25, -0.2) is 0 Å². The Morgan fingerprint density at radius 1 is 1.29 bits per heavy atom. The standard InChI is InChI=1S/C23H32N4O/c1-15(2)27(10-9-25(3)4)23(28)17-11-19-18-7-6-8-20-22(18)16(13-24-20)12-21(19)26(5)14-17/h6-8,11,13,15,17,21,24H,9-10,12,14H2,1-5H3. The average Bonchev–Trinajstić information content (AvgIpc) is 3.06. The molecule has 0 spiro atoms. The molecule has 1 aromatic carbocycles. The second-order valence-corrected chi connectivity index (χ2v) is 8.86. The lowest BCUT2D eigenvalue weighted by atomic mass is 9.79. The van der Waals surface area contributed by atoms with Crippen molar-refractivity contribution in [2.24, 2.45) is 5.92 Å². The third-order valence-corrected chi connectivity index (χ3v) is 6.28. The SMILES string of the molecule is CC(C)N(CCN(C)C)C(=O)C1C=C2c3cccc4[nH]cc(c34)CC2N(C)C1. The van der Waals surface area contributed by atoms with Crippen LogP contribution in [0, 0.1) is 5.92 Å². The van der Waals surface area contributed by atoms with Crippen molar-refractivity contribution in [3.8, 4) is 0 Å². The van der Waals surface area contributed by atoms with Crippen LogP contribution in [0.1, 0.15) is 25.0 Å². The number of nitrogens with one attached hydrogen (secondary N) is 1. The Morgan fingerprint density at radius 3 is 2.79 bits per heavy atom. The Morgan fingerprint density at radius 2 is 2.07 bits per heavy atom. The molecular formula is C23H32N4O. The molecule has 0 saturated carbocycles. The van der Waals surface area contributed by atoms with Gasteiger partial charge in [0, 0.05) is 48.8 Å². The summed E-state index contributed by atoms with van der Waals surface area (Å²) in [6.07, 6.45) is 5.43. The Balaban J connectivity index is 1.69. The van der Waals surface area contributed by atoms with Gasteiger partial charge < -0.3 is 14.8 Å². The fourth-order valence-electron chi connectivity index (χ4n) is 4.75. The van der Waals surface area contributed by atoms with E-state index < -0.39 is 0 Å². The molecule has 2 unspecified atom stereocenters. The highest BCUT2D eigenvalue weighted by atomic mass is 16.2. The van der Waals surface area contributed by atoms with Crippen LogP contribution in [-0.4, -0.2) is 78.5 Å². The Labute approximate surface area is 168 Å². The van der Waals surface area contributed by atoms with Crippen molar-refractivity contribution in [3.05, 3.63) is 41.6 Å². The summed E-state index contributed by atoms with van der Waals surface area (Å²) in [5.74, 6) is 0.165. The second-order valence-electron chi connectivity index (χ2n) is 8.86. The van der Waals surface area contributed by atoms with Crippen LogP contribution in [0.15, 0.2) is 30.5 Å². The lowest BCUT2D eigenvalue weighted by Gasteiger charge is -2.41. The number of hydrogen-bond acceptors (Lipinski definition) is 3. The van der Waals surface area contributed by atoms with Crippen molar-refractivity contribution < 1.29 is 4.79 Å². The molecule has 1 aromatic heterocycles. The summed E-state index contributed by atoms with van der Waals surface area (Å²) in [6.45, 7) is 6.67. The Bertz CT molecular complexity index is 910. The van der Waals surface area contributed by atoms with Crippen molar-refractivity contribution in [1.82, 2.24) is 19.7 Å². The second kappa shape index (κ2) is 7.37. The quantitative estimate of drug-likeness (QED) is 0.867. The van der Waals surface area contributed by atoms with E-state index in [2.05, 4.69) is 80.2 Å². The van der Waals surface area contributed by atoms with Crippen LogP contribution in [0.2, 0.25) is 0 Å². The van der Waals surface area contributed by atoms with Crippen LogP contribution in [0.25, 0.3) is 16.5 Å². The van der Waals surface area contributed by atoms with E-state index in [1.807, 2.05) is 4.90 Å². The first-order valence-electron chi connectivity index (χ1n) is 10.3. The number of benzene rings is 1. The number of aromatic nitrogens is 1. The molecule has 0 fully saturated rings. The van der Waals surface area contributed by atoms with Gasteiger partial charge in [-0.3, -0.25) is 9.69 Å². The van der Waals surface area contributed by atoms with Gasteiger partial charge in [0.05, 0.1) is 5.92 Å². The molecule has 2 aliphatic rings. The lowest BCUT2D eigenvalue weighted by molar-refractivity contribution is -0.136. The van der Waals surface area contributed by atoms with Crippen LogP contribution in [0.3, 0.4) is 0 Å². The van der Waals surface area contributed by atoms with Crippen LogP contribution in [-0.2, 0) is 11.2 Å². The molecule has 150 valence electrons. The van der Waals surface area contributed by atoms with Gasteiger partial charge in [-0.2, -0.15) is 0 Å². The number of fused-ring (bicyclic) bond motifs is 2. The molecule has 5 heteroatoms. The molecular weight excluding hydrogens is 348 g/mol. The zero-order chi connectivity index (χ0) is 20.0. The lowest BCUT2D eigenvalue weighted by Crippen LogP contribution is -2.50. The Hall–Kier alpha value is -2.11. The first kappa shape index (κ1) is 19.2. The summed E-state index contributed by atoms with van der Waals surface area (Å²) < 4.78 is 0. The minimum Gasteiger partial charge on any atom is -0.361 e. The van der Waals surface area contributed by atoms with E-state index in [-0.39, 0.29) is 17.9 Å². The van der Waals surface area contributed by atoms with E-state index in [0.717, 1.165) is 26.1 Å². The minimum atomic E-state index is -0.0865. The van der Waals surface area contributed by atoms with E-state index >= 15 is 0 Å². The molecule has 1 N–H and O–H groups in total. The maximum atomic E-state index is 13.4. The van der Waals surface area contributed by atoms with Crippen molar-refractivity contribution in [2.45, 2.75) is 32.4 Å². The van der Waals surface area contributed by atoms with Gasteiger partial charge in [0.1, 0.15) is 0 Å². The molecule has 2 atom stereocenters. The number of carbonyl (C=O) groups excluding carboxylic acids is 1. The average molecular weight is 381 g/mol. The van der Waals surface area contributed by atoms with Gasteiger partial charge >= 0.3 is 0 Å². The van der Waals surface area contributed by atoms with Gasteiger partial charge in [-0.15, -0.1) is 0 Å². The number of carbonyl (C=O) groups is 1. The van der Waals surface area contributed by atoms with Crippen LogP contribution in [0.5, 0.6) is 0 Å². The summed E-state index contributed by atoms with van der Waals surface area (Å²) in [7, 11) is 6.28. The highest BCUT2D eigenvalue weighted by molar-refractivity contribution is 5.99. The molecule has 1 aliphatic heterocycles. The topological polar surface area (TPSA) is 42.6 Å². The predicted octanol–water partition coefficient (Wildman–Crippen LogP) is 2.84. The van der Waals surface area contributed by atoms with Gasteiger partial charge in [0.15, 0.2) is 0 Å². The third-order valence-electron chi connectivity index (χ3n) is 6.28. The van der Waals surface area contributed by atoms with Crippen molar-refractivity contribution >= 4 is 22.4 Å². The van der Waals surface area contributed by atoms with E-state index in [1.54, 1.807) is 0 Å². The van der Waals surface area contributed by atoms with E-state index in [1.165, 1.54) is 27.6 Å². The number of H-pyrrole nitrogens is 1. The highest BCUT2D eigenvalue weighted by Gasteiger charge is 2.37. The number of aromatic amines is 1. The van der Waals surface area contributed by atoms with Gasteiger partial charge in [0.2, 0.25) is 5.91 Å². The number of rotatable bonds is 5. The zero-order valence-corrected chi connectivity index (χ0v) is 17.7. The maximum Gasteiger partial charge on any atom is 0.231 e. The third kappa shape index (κ3) is 3.27. The van der Waals surface area contributed by atoms with Crippen molar-refractivity contribution in [3.63, 3.8) is 0 Å². The van der Waals surface area contributed by atoms with Gasteiger partial charge in [-0.05, 0) is 64.2 Å². The maximum absolute atomic E-state index is 13.4. The number of amides is 1. The Kier molecular flexibility index (Phi) is 5.06. The fourth-order valence-corrected chi connectivity index (χ4v) is 4.75. The largest absolute Gasteiger partial charge is 0.361 e. The monoisotopic (exact) mass is 380 g/mol. The summed E-state index contributed by atoms with van der Waals surface area (Å²) >= 11 is 0. The predicted molar refractivity (Wildman–Crippen MR) is 115 cm³/mol. The highest BCUT2D eigenvalue weighted by Crippen LogP contribution is 2.41. The summed E-state index contributed by atoms with van der Waals surface area (Å²) in [6, 6.07) is 7.03. The molecule has 0 bridgehead atoms. The first-order chi connectivity index (χ1) is 13.4. The van der Waals surface area contributed by atoms with E-state index in [0.29, 0.717) is 6.04 Å². The zero-order valence-electron chi connectivity index (χ0n) is 17.7. The molecule has 0 saturated heterocycles. The van der Waals surface area contributed by atoms with Gasteiger partial charge in [0.25, 0.3) is 0 Å². The number of nitrogens with zero attached hydrogens (tertiary/aromatic N) is 3. The van der Waals surface area contributed by atoms with Gasteiger partial charge in [-0.1, -0.05) is 18.2 Å². The van der Waals surface area contributed by atoms with Crippen molar-refractivity contribution in [1.29, 1.82) is 0 Å². The molecule has 5 nitrogen and oxygen atoms in total. The fraction of sp³-hybridized carbons (Fsp3) is 0.522. The van der Waals surface area contributed by atoms with Crippen LogP contribution >= 0.6 is 0 Å². The summed E-state index contributed by atoms with van der Waals surface area (Å²) in [5, 5.41) is 1.33. The molecule has 28 heavy (non-hydrogen) atoms. The van der Waals surface area contributed by atoms with Crippen LogP contribution in [0.4, 0.5) is 0 Å². The molecule has 2 heterocycles. The van der Waals surface area contributed by atoms with Crippen molar-refractivity contribution in [2.75, 3.05) is 40.8 Å². The molecule has 2 aromatic rings. The summed E-state index contributed by atoms with van der Waals surface area (Å²) in [4.78, 5) is 23.4.